The van der Waals surface area contributed by atoms with Gasteiger partial charge in [0.05, 0.1) is 26.5 Å². The van der Waals surface area contributed by atoms with Gasteiger partial charge in [-0.15, -0.1) is 0 Å². The Bertz CT molecular complexity index is 1260. The van der Waals surface area contributed by atoms with Gasteiger partial charge in [-0.3, -0.25) is 4.79 Å². The zero-order valence-corrected chi connectivity index (χ0v) is 17.0. The second kappa shape index (κ2) is 7.15. The molecule has 1 aliphatic heterocycles. The summed E-state index contributed by atoms with van der Waals surface area (Å²) < 4.78 is 6.17. The molecule has 0 unspecified atom stereocenters. The van der Waals surface area contributed by atoms with E-state index in [1.54, 1.807) is 36.6 Å². The lowest BCUT2D eigenvalue weighted by atomic mass is 10.2. The van der Waals surface area contributed by atoms with Gasteiger partial charge in [0.25, 0.3) is 5.91 Å². The quantitative estimate of drug-likeness (QED) is 0.366. The minimum Gasteiger partial charge on any atom is -0.465 e. The molecule has 29 heavy (non-hydrogen) atoms. The highest BCUT2D eigenvalue weighted by Crippen LogP contribution is 2.37. The fourth-order valence-electron chi connectivity index (χ4n) is 2.99. The highest BCUT2D eigenvalue weighted by molar-refractivity contribution is 7.22. The van der Waals surface area contributed by atoms with E-state index in [1.165, 1.54) is 16.2 Å². The van der Waals surface area contributed by atoms with E-state index in [0.29, 0.717) is 32.3 Å². The minimum atomic E-state index is -0.281. The lowest BCUT2D eigenvalue weighted by molar-refractivity contribution is -0.113. The summed E-state index contributed by atoms with van der Waals surface area (Å²) in [6.45, 7) is 0. The number of amides is 1. The summed E-state index contributed by atoms with van der Waals surface area (Å²) >= 11 is 13.6. The van der Waals surface area contributed by atoms with Crippen LogP contribution in [0.4, 0.5) is 5.13 Å². The van der Waals surface area contributed by atoms with Crippen LogP contribution in [0.15, 0.2) is 76.0 Å². The van der Waals surface area contributed by atoms with Crippen LogP contribution in [0.2, 0.25) is 10.0 Å². The fraction of sp³-hybridized carbons (Fsp3) is 0. The van der Waals surface area contributed by atoms with Gasteiger partial charge in [0, 0.05) is 11.6 Å². The van der Waals surface area contributed by atoms with Gasteiger partial charge in [-0.25, -0.2) is 14.9 Å². The predicted molar refractivity (Wildman–Crippen MR) is 117 cm³/mol. The van der Waals surface area contributed by atoms with Crippen molar-refractivity contribution in [3.05, 3.63) is 87.9 Å². The van der Waals surface area contributed by atoms with Crippen molar-refractivity contribution in [3.63, 3.8) is 0 Å². The SMILES string of the molecule is O=C1C(=Cc2ccco2)N=C(c2ccccc2)N1c1nc2cc(Cl)c(Cl)cc2s1. The molecule has 5 nitrogen and oxygen atoms in total. The number of furan rings is 1. The number of fused-ring (bicyclic) bond motifs is 1. The number of aliphatic imine (C=N–C) groups is 1. The number of hydrogen-bond acceptors (Lipinski definition) is 5. The van der Waals surface area contributed by atoms with E-state index in [1.807, 2.05) is 30.3 Å². The Balaban J connectivity index is 1.66. The van der Waals surface area contributed by atoms with Crippen LogP contribution in [0.1, 0.15) is 11.3 Å². The molecule has 142 valence electrons. The van der Waals surface area contributed by atoms with Crippen LogP contribution in [-0.2, 0) is 4.79 Å². The number of anilines is 1. The van der Waals surface area contributed by atoms with Crippen LogP contribution in [-0.4, -0.2) is 16.7 Å². The van der Waals surface area contributed by atoms with Crippen molar-refractivity contribution in [1.82, 2.24) is 4.98 Å². The normalized spacial score (nSPS) is 15.5. The molecule has 1 amide bonds. The molecule has 0 saturated carbocycles. The number of rotatable bonds is 3. The van der Waals surface area contributed by atoms with Crippen molar-refractivity contribution in [2.24, 2.45) is 4.99 Å². The monoisotopic (exact) mass is 439 g/mol. The summed E-state index contributed by atoms with van der Waals surface area (Å²) in [7, 11) is 0. The molecule has 0 radical (unpaired) electrons. The number of amidine groups is 1. The zero-order chi connectivity index (χ0) is 20.0. The highest BCUT2D eigenvalue weighted by Gasteiger charge is 2.34. The third-order valence-electron chi connectivity index (χ3n) is 4.33. The first-order valence-corrected chi connectivity index (χ1v) is 10.2. The van der Waals surface area contributed by atoms with E-state index in [4.69, 9.17) is 27.6 Å². The Morgan fingerprint density at radius 1 is 1.03 bits per heavy atom. The first-order chi connectivity index (χ1) is 14.1. The molecule has 0 atom stereocenters. The van der Waals surface area contributed by atoms with Gasteiger partial charge in [0.1, 0.15) is 17.3 Å². The first kappa shape index (κ1) is 18.1. The van der Waals surface area contributed by atoms with Gasteiger partial charge in [-0.2, -0.15) is 0 Å². The number of nitrogens with zero attached hydrogens (tertiary/aromatic N) is 3. The number of benzene rings is 2. The van der Waals surface area contributed by atoms with Gasteiger partial charge in [0.15, 0.2) is 5.13 Å². The molecule has 8 heteroatoms. The van der Waals surface area contributed by atoms with Gasteiger partial charge < -0.3 is 4.42 Å². The van der Waals surface area contributed by atoms with E-state index in [9.17, 15) is 4.79 Å². The van der Waals surface area contributed by atoms with Gasteiger partial charge >= 0.3 is 0 Å². The maximum atomic E-state index is 13.2. The van der Waals surface area contributed by atoms with Crippen molar-refractivity contribution >= 4 is 67.7 Å². The van der Waals surface area contributed by atoms with Crippen LogP contribution in [0.25, 0.3) is 16.3 Å². The molecule has 0 spiro atoms. The molecule has 4 aromatic rings. The summed E-state index contributed by atoms with van der Waals surface area (Å²) in [4.78, 5) is 23.9. The van der Waals surface area contributed by atoms with Crippen molar-refractivity contribution in [1.29, 1.82) is 0 Å². The van der Waals surface area contributed by atoms with E-state index in [-0.39, 0.29) is 11.6 Å². The molecule has 0 aliphatic carbocycles. The van der Waals surface area contributed by atoms with E-state index in [2.05, 4.69) is 9.98 Å². The summed E-state index contributed by atoms with van der Waals surface area (Å²) in [6, 6.07) is 16.5. The Morgan fingerprint density at radius 3 is 2.59 bits per heavy atom. The maximum Gasteiger partial charge on any atom is 0.284 e. The second-order valence-electron chi connectivity index (χ2n) is 6.22. The van der Waals surface area contributed by atoms with Crippen LogP contribution < -0.4 is 4.90 Å². The number of hydrogen-bond donors (Lipinski definition) is 0. The third kappa shape index (κ3) is 3.25. The van der Waals surface area contributed by atoms with Gasteiger partial charge in [-0.1, -0.05) is 64.9 Å². The van der Waals surface area contributed by atoms with Gasteiger partial charge in [-0.05, 0) is 24.3 Å². The van der Waals surface area contributed by atoms with Crippen LogP contribution in [0.5, 0.6) is 0 Å². The Morgan fingerprint density at radius 2 is 1.83 bits per heavy atom. The zero-order valence-electron chi connectivity index (χ0n) is 14.7. The topological polar surface area (TPSA) is 58.7 Å². The number of thiazole rings is 1. The Labute approximate surface area is 179 Å². The van der Waals surface area contributed by atoms with Gasteiger partial charge in [0.2, 0.25) is 0 Å². The van der Waals surface area contributed by atoms with E-state index >= 15 is 0 Å². The smallest absolute Gasteiger partial charge is 0.284 e. The molecule has 0 saturated heterocycles. The molecule has 3 heterocycles. The maximum absolute atomic E-state index is 13.2. The molecular weight excluding hydrogens is 429 g/mol. The van der Waals surface area contributed by atoms with Crippen molar-refractivity contribution in [2.75, 3.05) is 4.90 Å². The lowest BCUT2D eigenvalue weighted by Gasteiger charge is -2.14. The molecule has 2 aromatic carbocycles. The van der Waals surface area contributed by atoms with Crippen molar-refractivity contribution in [3.8, 4) is 0 Å². The average Bonchev–Trinajstić information content (AvgIpc) is 3.43. The molecule has 2 aromatic heterocycles. The highest BCUT2D eigenvalue weighted by atomic mass is 35.5. The second-order valence-corrected chi connectivity index (χ2v) is 8.04. The number of halogens is 2. The molecule has 1 aliphatic rings. The number of carbonyl (C=O) groups is 1. The van der Waals surface area contributed by atoms with Crippen LogP contribution in [0.3, 0.4) is 0 Å². The summed E-state index contributed by atoms with van der Waals surface area (Å²) in [5, 5.41) is 1.35. The van der Waals surface area contributed by atoms with Crippen molar-refractivity contribution in [2.45, 2.75) is 0 Å². The summed E-state index contributed by atoms with van der Waals surface area (Å²) in [5.74, 6) is 0.774. The first-order valence-electron chi connectivity index (χ1n) is 8.59. The summed E-state index contributed by atoms with van der Waals surface area (Å²) in [6.07, 6.45) is 3.17. The minimum absolute atomic E-state index is 0.272. The molecule has 0 bridgehead atoms. The Kier molecular flexibility index (Phi) is 4.47. The Hall–Kier alpha value is -2.93. The van der Waals surface area contributed by atoms with Crippen molar-refractivity contribution < 1.29 is 9.21 Å². The number of carbonyl (C=O) groups excluding carboxylic acids is 1. The largest absolute Gasteiger partial charge is 0.465 e. The molecule has 5 rings (SSSR count). The fourth-order valence-corrected chi connectivity index (χ4v) is 4.36. The standard InChI is InChI=1S/C21H11Cl2N3O2S/c22-14-10-16-18(11-15(14)23)29-21(25-16)26-19(12-5-2-1-3-6-12)24-17(20(26)27)9-13-7-4-8-28-13/h1-11H. The molecular formula is C21H11Cl2N3O2S. The average molecular weight is 440 g/mol. The van der Waals surface area contributed by atoms with Crippen LogP contribution in [0, 0.1) is 0 Å². The summed E-state index contributed by atoms with van der Waals surface area (Å²) in [5.41, 5.74) is 1.75. The third-order valence-corrected chi connectivity index (χ3v) is 6.05. The van der Waals surface area contributed by atoms with E-state index in [0.717, 1.165) is 10.3 Å². The number of aromatic nitrogens is 1. The predicted octanol–water partition coefficient (Wildman–Crippen LogP) is 6.03. The lowest BCUT2D eigenvalue weighted by Crippen LogP contribution is -2.32. The molecule has 0 N–H and O–H groups in total. The molecule has 0 fully saturated rings. The van der Waals surface area contributed by atoms with Crippen LogP contribution >= 0.6 is 34.5 Å². The van der Waals surface area contributed by atoms with E-state index < -0.39 is 0 Å².